The molecular weight excluding hydrogens is 249 g/mol. The summed E-state index contributed by atoms with van der Waals surface area (Å²) in [6.07, 6.45) is 2.04. The Labute approximate surface area is 111 Å². The van der Waals surface area contributed by atoms with Crippen molar-refractivity contribution in [2.24, 2.45) is 0 Å². The molecule has 1 fully saturated rings. The number of hydrogen-bond donors (Lipinski definition) is 0. The molecule has 0 saturated carbocycles. The molecule has 0 amide bonds. The van der Waals surface area contributed by atoms with Crippen LogP contribution in [0.2, 0.25) is 0 Å². The molecule has 2 nitrogen and oxygen atoms in total. The van der Waals surface area contributed by atoms with Crippen LogP contribution >= 0.6 is 0 Å². The highest BCUT2D eigenvalue weighted by atomic mass is 32.2. The predicted octanol–water partition coefficient (Wildman–Crippen LogP) is 3.42. The lowest BCUT2D eigenvalue weighted by atomic mass is 10.1. The molecule has 1 aromatic carbocycles. The molecule has 0 aromatic heterocycles. The summed E-state index contributed by atoms with van der Waals surface area (Å²) in [7, 11) is -1.01. The van der Waals surface area contributed by atoms with E-state index in [1.54, 1.807) is 12.1 Å². The lowest BCUT2D eigenvalue weighted by Crippen LogP contribution is -2.37. The van der Waals surface area contributed by atoms with Gasteiger partial charge in [0, 0.05) is 12.6 Å². The van der Waals surface area contributed by atoms with Crippen molar-refractivity contribution in [1.29, 1.82) is 0 Å². The second-order valence-corrected chi connectivity index (χ2v) is 7.90. The van der Waals surface area contributed by atoms with E-state index in [2.05, 4.69) is 0 Å². The first-order valence-electron chi connectivity index (χ1n) is 6.34. The monoisotopic (exact) mass is 269 g/mol. The Balaban J connectivity index is 2.22. The number of hydrogen-bond acceptors (Lipinski definition) is 1. The molecule has 0 aliphatic carbocycles. The molecule has 2 atom stereocenters. The van der Waals surface area contributed by atoms with Crippen molar-refractivity contribution >= 4 is 11.0 Å². The van der Waals surface area contributed by atoms with E-state index in [-0.39, 0.29) is 16.6 Å². The molecule has 1 saturated heterocycles. The van der Waals surface area contributed by atoms with Crippen LogP contribution < -0.4 is 0 Å². The Kier molecular flexibility index (Phi) is 3.87. The van der Waals surface area contributed by atoms with E-state index in [0.29, 0.717) is 0 Å². The summed E-state index contributed by atoms with van der Waals surface area (Å²) in [5.74, 6) is -0.222. The fourth-order valence-corrected chi connectivity index (χ4v) is 3.77. The van der Waals surface area contributed by atoms with Gasteiger partial charge < -0.3 is 0 Å². The van der Waals surface area contributed by atoms with Crippen LogP contribution in [0.5, 0.6) is 0 Å². The van der Waals surface area contributed by atoms with Crippen LogP contribution in [0.25, 0.3) is 0 Å². The van der Waals surface area contributed by atoms with Gasteiger partial charge in [0.1, 0.15) is 16.8 Å². The van der Waals surface area contributed by atoms with Crippen LogP contribution in [-0.2, 0) is 11.0 Å². The van der Waals surface area contributed by atoms with E-state index in [1.807, 2.05) is 25.1 Å². The molecule has 2 rings (SSSR count). The highest BCUT2D eigenvalue weighted by Crippen LogP contribution is 2.35. The molecule has 100 valence electrons. The smallest absolute Gasteiger partial charge is 0.123 e. The summed E-state index contributed by atoms with van der Waals surface area (Å²) in [4.78, 5) is 0. The Morgan fingerprint density at radius 2 is 1.89 bits per heavy atom. The molecule has 1 aliphatic rings. The highest BCUT2D eigenvalue weighted by Gasteiger charge is 2.35. The van der Waals surface area contributed by atoms with Crippen LogP contribution in [0.15, 0.2) is 24.3 Å². The first-order valence-corrected chi connectivity index (χ1v) is 7.44. The van der Waals surface area contributed by atoms with Crippen molar-refractivity contribution in [1.82, 2.24) is 4.31 Å². The minimum Gasteiger partial charge on any atom is -0.242 e. The fraction of sp³-hybridized carbons (Fsp3) is 0.571. The molecule has 0 radical (unpaired) electrons. The minimum absolute atomic E-state index is 0.158. The molecule has 0 N–H and O–H groups in total. The molecule has 1 heterocycles. The third-order valence-electron chi connectivity index (χ3n) is 3.20. The summed E-state index contributed by atoms with van der Waals surface area (Å²) in [6.45, 7) is 6.82. The van der Waals surface area contributed by atoms with Gasteiger partial charge in [0.25, 0.3) is 0 Å². The van der Waals surface area contributed by atoms with Crippen molar-refractivity contribution in [2.75, 3.05) is 6.54 Å². The van der Waals surface area contributed by atoms with E-state index in [0.717, 1.165) is 24.9 Å². The molecule has 1 aromatic rings. The van der Waals surface area contributed by atoms with Gasteiger partial charge in [-0.1, -0.05) is 12.1 Å². The maximum atomic E-state index is 12.9. The maximum Gasteiger partial charge on any atom is 0.123 e. The Morgan fingerprint density at radius 1 is 1.28 bits per heavy atom. The zero-order valence-electron chi connectivity index (χ0n) is 11.1. The van der Waals surface area contributed by atoms with Crippen LogP contribution in [0.3, 0.4) is 0 Å². The molecule has 18 heavy (non-hydrogen) atoms. The van der Waals surface area contributed by atoms with Gasteiger partial charge in [-0.3, -0.25) is 0 Å². The fourth-order valence-electron chi connectivity index (χ4n) is 2.31. The third kappa shape index (κ3) is 2.81. The molecule has 0 unspecified atom stereocenters. The molecular formula is C14H20FNOS. The topological polar surface area (TPSA) is 20.3 Å². The summed E-state index contributed by atoms with van der Waals surface area (Å²) in [5, 5.41) is 0. The second kappa shape index (κ2) is 5.10. The van der Waals surface area contributed by atoms with Crippen LogP contribution in [0, 0.1) is 5.82 Å². The van der Waals surface area contributed by atoms with E-state index < -0.39 is 11.0 Å². The van der Waals surface area contributed by atoms with Gasteiger partial charge in [-0.25, -0.2) is 12.9 Å². The normalized spacial score (nSPS) is 23.2. The van der Waals surface area contributed by atoms with Gasteiger partial charge in [-0.05, 0) is 51.3 Å². The van der Waals surface area contributed by atoms with Crippen LogP contribution in [-0.4, -0.2) is 19.8 Å². The molecule has 4 heteroatoms. The van der Waals surface area contributed by atoms with Crippen molar-refractivity contribution < 1.29 is 8.60 Å². The number of halogens is 1. The third-order valence-corrected chi connectivity index (χ3v) is 5.11. The van der Waals surface area contributed by atoms with Crippen LogP contribution in [0.1, 0.15) is 45.2 Å². The number of rotatable bonds is 2. The predicted molar refractivity (Wildman–Crippen MR) is 73.0 cm³/mol. The van der Waals surface area contributed by atoms with Gasteiger partial charge in [-0.2, -0.15) is 0 Å². The molecule has 0 spiro atoms. The summed E-state index contributed by atoms with van der Waals surface area (Å²) in [6, 6.07) is 6.72. The second-order valence-electron chi connectivity index (χ2n) is 5.71. The quantitative estimate of drug-likeness (QED) is 0.805. The van der Waals surface area contributed by atoms with E-state index in [9.17, 15) is 8.60 Å². The average Bonchev–Trinajstić information content (AvgIpc) is 2.76. The van der Waals surface area contributed by atoms with Gasteiger partial charge in [0.15, 0.2) is 0 Å². The van der Waals surface area contributed by atoms with Gasteiger partial charge >= 0.3 is 0 Å². The highest BCUT2D eigenvalue weighted by molar-refractivity contribution is 7.84. The summed E-state index contributed by atoms with van der Waals surface area (Å²) >= 11 is 0. The zero-order valence-corrected chi connectivity index (χ0v) is 12.0. The van der Waals surface area contributed by atoms with Crippen LogP contribution in [0.4, 0.5) is 4.39 Å². The van der Waals surface area contributed by atoms with E-state index in [1.165, 1.54) is 12.1 Å². The zero-order chi connectivity index (χ0) is 13.3. The van der Waals surface area contributed by atoms with Crippen molar-refractivity contribution in [3.8, 4) is 0 Å². The summed E-state index contributed by atoms with van der Waals surface area (Å²) < 4.78 is 27.2. The van der Waals surface area contributed by atoms with Gasteiger partial charge in [0.2, 0.25) is 0 Å². The molecule has 0 bridgehead atoms. The Hall–Kier alpha value is -0.740. The Morgan fingerprint density at radius 3 is 2.44 bits per heavy atom. The lowest BCUT2D eigenvalue weighted by molar-refractivity contribution is 0.415. The molecule has 1 aliphatic heterocycles. The SMILES string of the molecule is CC(C)(C)[S@@](=O)N1CCC[C@@H]1c1ccc(F)cc1. The lowest BCUT2D eigenvalue weighted by Gasteiger charge is -2.30. The van der Waals surface area contributed by atoms with E-state index >= 15 is 0 Å². The van der Waals surface area contributed by atoms with Crippen molar-refractivity contribution in [3.63, 3.8) is 0 Å². The van der Waals surface area contributed by atoms with Crippen molar-refractivity contribution in [3.05, 3.63) is 35.6 Å². The van der Waals surface area contributed by atoms with Gasteiger partial charge in [0.05, 0.1) is 4.75 Å². The number of nitrogens with zero attached hydrogens (tertiary/aromatic N) is 1. The maximum absolute atomic E-state index is 12.9. The first kappa shape index (κ1) is 13.7. The largest absolute Gasteiger partial charge is 0.242 e. The Bertz CT molecular complexity index is 438. The minimum atomic E-state index is -1.01. The average molecular weight is 269 g/mol. The van der Waals surface area contributed by atoms with Gasteiger partial charge in [-0.15, -0.1) is 0 Å². The van der Waals surface area contributed by atoms with Crippen molar-refractivity contribution in [2.45, 2.75) is 44.4 Å². The first-order chi connectivity index (χ1) is 8.39. The van der Waals surface area contributed by atoms with E-state index in [4.69, 9.17) is 0 Å². The summed E-state index contributed by atoms with van der Waals surface area (Å²) in [5.41, 5.74) is 1.06. The number of benzene rings is 1. The standard InChI is InChI=1S/C14H20FNOS/c1-14(2,3)18(17)16-10-4-5-13(16)11-6-8-12(15)9-7-11/h6-9,13H,4-5,10H2,1-3H3/t13-,18-/m1/s1.